The molecule has 0 saturated carbocycles. The van der Waals surface area contributed by atoms with Gasteiger partial charge in [-0.2, -0.15) is 0 Å². The fourth-order valence-corrected chi connectivity index (χ4v) is 6.20. The molecule has 0 bridgehead atoms. The van der Waals surface area contributed by atoms with Gasteiger partial charge in [0, 0.05) is 5.92 Å². The van der Waals surface area contributed by atoms with Gasteiger partial charge < -0.3 is 15.3 Å². The zero-order chi connectivity index (χ0) is 32.2. The molecule has 0 aromatic heterocycles. The second-order valence-corrected chi connectivity index (χ2v) is 13.7. The highest BCUT2D eigenvalue weighted by Crippen LogP contribution is 2.42. The van der Waals surface area contributed by atoms with E-state index in [1.165, 1.54) is 22.3 Å². The molecule has 0 fully saturated rings. The number of aliphatic hydroxyl groups excluding tert-OH is 3. The summed E-state index contributed by atoms with van der Waals surface area (Å²) in [6.45, 7) is 19.2. The van der Waals surface area contributed by atoms with Gasteiger partial charge in [-0.1, -0.05) is 147 Å². The molecule has 0 saturated heterocycles. The predicted molar refractivity (Wildman–Crippen MR) is 186 cm³/mol. The van der Waals surface area contributed by atoms with Crippen molar-refractivity contribution in [3.63, 3.8) is 0 Å². The Labute approximate surface area is 262 Å². The Kier molecular flexibility index (Phi) is 14.1. The lowest BCUT2D eigenvalue weighted by atomic mass is 9.67. The van der Waals surface area contributed by atoms with Gasteiger partial charge >= 0.3 is 0 Å². The van der Waals surface area contributed by atoms with Crippen LogP contribution < -0.4 is 0 Å². The Hall–Kier alpha value is -2.98. The molecule has 0 aromatic rings. The second-order valence-electron chi connectivity index (χ2n) is 13.7. The van der Waals surface area contributed by atoms with Crippen LogP contribution in [0.1, 0.15) is 81.6 Å². The Morgan fingerprint density at radius 1 is 0.791 bits per heavy atom. The lowest BCUT2D eigenvalue weighted by Gasteiger charge is -2.38. The van der Waals surface area contributed by atoms with E-state index in [1.807, 2.05) is 42.5 Å². The van der Waals surface area contributed by atoms with Gasteiger partial charge in [0.2, 0.25) is 0 Å². The van der Waals surface area contributed by atoms with E-state index in [0.29, 0.717) is 12.3 Å². The summed E-state index contributed by atoms with van der Waals surface area (Å²) in [5.41, 5.74) is 7.98. The van der Waals surface area contributed by atoms with E-state index in [-0.39, 0.29) is 29.6 Å². The molecule has 0 heterocycles. The van der Waals surface area contributed by atoms with Crippen LogP contribution in [0.5, 0.6) is 0 Å². The minimum absolute atomic E-state index is 0.0256. The van der Waals surface area contributed by atoms with Crippen molar-refractivity contribution >= 4 is 0 Å². The molecule has 3 nitrogen and oxygen atoms in total. The maximum Gasteiger partial charge on any atom is 0.0729 e. The molecule has 0 radical (unpaired) electrons. The Bertz CT molecular complexity index is 1290. The first kappa shape index (κ1) is 36.2. The van der Waals surface area contributed by atoms with E-state index in [9.17, 15) is 15.3 Å². The van der Waals surface area contributed by atoms with Gasteiger partial charge in [0.1, 0.15) is 0 Å². The van der Waals surface area contributed by atoms with Gasteiger partial charge in [-0.05, 0) is 75.9 Å². The maximum absolute atomic E-state index is 10.1. The number of allylic oxidation sites excluding steroid dienone is 18. The summed E-state index contributed by atoms with van der Waals surface area (Å²) < 4.78 is 0. The van der Waals surface area contributed by atoms with Gasteiger partial charge in [0.15, 0.2) is 0 Å². The van der Waals surface area contributed by atoms with Gasteiger partial charge in [0.05, 0.1) is 18.8 Å². The third-order valence-corrected chi connectivity index (χ3v) is 8.41. The minimum Gasteiger partial charge on any atom is -0.393 e. The van der Waals surface area contributed by atoms with Gasteiger partial charge in [-0.3, -0.25) is 0 Å². The van der Waals surface area contributed by atoms with E-state index in [2.05, 4.69) is 111 Å². The smallest absolute Gasteiger partial charge is 0.0729 e. The highest BCUT2D eigenvalue weighted by atomic mass is 16.3. The van der Waals surface area contributed by atoms with Crippen LogP contribution in [0.25, 0.3) is 0 Å². The van der Waals surface area contributed by atoms with Crippen molar-refractivity contribution in [2.75, 3.05) is 6.61 Å². The highest BCUT2D eigenvalue weighted by Gasteiger charge is 2.34. The molecule has 3 heteroatoms. The van der Waals surface area contributed by atoms with Crippen molar-refractivity contribution < 1.29 is 15.3 Å². The highest BCUT2D eigenvalue weighted by molar-refractivity contribution is 5.39. The van der Waals surface area contributed by atoms with Crippen LogP contribution in [-0.4, -0.2) is 34.1 Å². The quantitative estimate of drug-likeness (QED) is 0.167. The molecule has 0 amide bonds. The summed E-state index contributed by atoms with van der Waals surface area (Å²) in [5.74, 6) is 0.337. The molecule has 3 N–H and O–H groups in total. The fourth-order valence-electron chi connectivity index (χ4n) is 6.20. The molecule has 0 spiro atoms. The first-order valence-corrected chi connectivity index (χ1v) is 15.6. The molecule has 43 heavy (non-hydrogen) atoms. The SMILES string of the molecule is CC1=CC(O)CC(C)(C)C1/C=C/C(C)=C/C=C/C(C)=C/C=C/C=C(C)/C=C/C=C(/C=C/C1=C(C)CC(O)CC1(C)C)CO. The average Bonchev–Trinajstić information content (AvgIpc) is 2.87. The summed E-state index contributed by atoms with van der Waals surface area (Å²) in [5, 5.41) is 30.0. The topological polar surface area (TPSA) is 60.7 Å². The second kappa shape index (κ2) is 16.8. The number of hydrogen-bond acceptors (Lipinski definition) is 3. The molecule has 2 aliphatic rings. The van der Waals surface area contributed by atoms with Crippen LogP contribution in [0.3, 0.4) is 0 Å². The van der Waals surface area contributed by atoms with Crippen molar-refractivity contribution in [3.8, 4) is 0 Å². The molecule has 3 unspecified atom stereocenters. The van der Waals surface area contributed by atoms with Crippen molar-refractivity contribution in [1.29, 1.82) is 0 Å². The third-order valence-electron chi connectivity index (χ3n) is 8.41. The van der Waals surface area contributed by atoms with Gasteiger partial charge in [-0.15, -0.1) is 0 Å². The molecule has 0 aliphatic heterocycles. The predicted octanol–water partition coefficient (Wildman–Crippen LogP) is 9.38. The fraction of sp³-hybridized carbons (Fsp3) is 0.450. The van der Waals surface area contributed by atoms with Crippen molar-refractivity contribution in [2.24, 2.45) is 16.7 Å². The molecule has 2 rings (SSSR count). The maximum atomic E-state index is 10.1. The summed E-state index contributed by atoms with van der Waals surface area (Å²) in [7, 11) is 0. The standard InChI is InChI=1S/C40H56O3/c1-29(16-12-17-31(3)20-22-37-32(4)24-35(42)26-39(37,6)7)14-10-11-15-30(2)18-13-19-34(28-41)21-23-38-33(5)25-36(43)27-40(38,8)9/h10-24,35-37,41-43H,25-28H2,1-9H3/b11-10+,16-12+,18-13+,22-20+,23-21+,29-14+,30-15+,31-17+,34-19-. The average molecular weight is 585 g/mol. The number of aliphatic hydroxyl groups is 3. The number of hydrogen-bond donors (Lipinski definition) is 3. The summed E-state index contributed by atoms with van der Waals surface area (Å²) in [4.78, 5) is 0. The van der Waals surface area contributed by atoms with Crippen LogP contribution >= 0.6 is 0 Å². The molecule has 2 aliphatic carbocycles. The third kappa shape index (κ3) is 12.3. The normalized spacial score (nSPS) is 26.2. The van der Waals surface area contributed by atoms with Crippen molar-refractivity contribution in [3.05, 3.63) is 130 Å². The lowest BCUT2D eigenvalue weighted by molar-refractivity contribution is 0.116. The minimum atomic E-state index is -0.339. The molecule has 234 valence electrons. The Balaban J connectivity index is 1.93. The first-order chi connectivity index (χ1) is 20.1. The zero-order valence-corrected chi connectivity index (χ0v) is 28.1. The van der Waals surface area contributed by atoms with E-state index in [4.69, 9.17) is 0 Å². The van der Waals surface area contributed by atoms with Crippen molar-refractivity contribution in [1.82, 2.24) is 0 Å². The summed E-state index contributed by atoms with van der Waals surface area (Å²) >= 11 is 0. The first-order valence-electron chi connectivity index (χ1n) is 15.6. The Morgan fingerprint density at radius 3 is 1.91 bits per heavy atom. The van der Waals surface area contributed by atoms with Crippen LogP contribution in [0, 0.1) is 16.7 Å². The zero-order valence-electron chi connectivity index (χ0n) is 28.1. The summed E-state index contributed by atoms with van der Waals surface area (Å²) in [6, 6.07) is 0. The molecule has 3 atom stereocenters. The van der Waals surface area contributed by atoms with E-state index < -0.39 is 0 Å². The van der Waals surface area contributed by atoms with E-state index >= 15 is 0 Å². The Morgan fingerprint density at radius 2 is 1.35 bits per heavy atom. The summed E-state index contributed by atoms with van der Waals surface area (Å²) in [6.07, 6.45) is 32.6. The lowest BCUT2D eigenvalue weighted by Crippen LogP contribution is -2.32. The van der Waals surface area contributed by atoms with Crippen LogP contribution in [-0.2, 0) is 0 Å². The van der Waals surface area contributed by atoms with E-state index in [1.54, 1.807) is 0 Å². The van der Waals surface area contributed by atoms with Crippen LogP contribution in [0.4, 0.5) is 0 Å². The van der Waals surface area contributed by atoms with Gasteiger partial charge in [0.25, 0.3) is 0 Å². The number of rotatable bonds is 11. The van der Waals surface area contributed by atoms with Crippen LogP contribution in [0.2, 0.25) is 0 Å². The molecular weight excluding hydrogens is 528 g/mol. The monoisotopic (exact) mass is 584 g/mol. The largest absolute Gasteiger partial charge is 0.393 e. The van der Waals surface area contributed by atoms with Gasteiger partial charge in [-0.25, -0.2) is 0 Å². The van der Waals surface area contributed by atoms with E-state index in [0.717, 1.165) is 29.6 Å². The van der Waals surface area contributed by atoms with Crippen molar-refractivity contribution in [2.45, 2.75) is 93.8 Å². The van der Waals surface area contributed by atoms with Crippen LogP contribution in [0.15, 0.2) is 130 Å². The molecule has 0 aromatic carbocycles. The molecular formula is C40H56O3.